The molecule has 2 aromatic carbocycles. The quantitative estimate of drug-likeness (QED) is 0.508. The van der Waals surface area contributed by atoms with Crippen LogP contribution in [0.25, 0.3) is 0 Å². The van der Waals surface area contributed by atoms with E-state index in [1.54, 1.807) is 12.1 Å². The molecule has 0 saturated carbocycles. The Morgan fingerprint density at radius 1 is 1.12 bits per heavy atom. The lowest BCUT2D eigenvalue weighted by atomic mass is 10.2. The standard InChI is InChI=1S/C22H24Br2N4O3S/c1-3-19(29)28-10-8-27(9-11-28)18-7-5-4-6-17(18)25-22(32)26-21(30)15-12-14(23)13-16(24)20(15)31-2/h4-7,12-13H,3,8-11H2,1-2H3,(H2,25,26,30,32). The zero-order valence-corrected chi connectivity index (χ0v) is 21.8. The number of nitrogens with zero attached hydrogens (tertiary/aromatic N) is 2. The van der Waals surface area contributed by atoms with Gasteiger partial charge in [0.15, 0.2) is 5.11 Å². The fourth-order valence-corrected chi connectivity index (χ4v) is 5.13. The van der Waals surface area contributed by atoms with Crippen LogP contribution in [0.1, 0.15) is 23.7 Å². The topological polar surface area (TPSA) is 73.9 Å². The van der Waals surface area contributed by atoms with Crippen molar-refractivity contribution in [1.29, 1.82) is 0 Å². The number of para-hydroxylation sites is 2. The predicted octanol–water partition coefficient (Wildman–Crippen LogP) is 4.41. The molecule has 0 aromatic heterocycles. The molecule has 0 spiro atoms. The Hall–Kier alpha value is -2.17. The second kappa shape index (κ2) is 11.1. The molecule has 1 aliphatic rings. The van der Waals surface area contributed by atoms with Crippen LogP contribution < -0.4 is 20.3 Å². The molecule has 1 fully saturated rings. The van der Waals surface area contributed by atoms with Crippen LogP contribution in [0.15, 0.2) is 45.3 Å². The van der Waals surface area contributed by atoms with E-state index in [4.69, 9.17) is 17.0 Å². The molecule has 0 aliphatic carbocycles. The third kappa shape index (κ3) is 5.79. The largest absolute Gasteiger partial charge is 0.495 e. The lowest BCUT2D eigenvalue weighted by Gasteiger charge is -2.37. The zero-order chi connectivity index (χ0) is 23.3. The molecule has 0 unspecified atom stereocenters. The van der Waals surface area contributed by atoms with Gasteiger partial charge in [-0.3, -0.25) is 14.9 Å². The zero-order valence-electron chi connectivity index (χ0n) is 17.8. The summed E-state index contributed by atoms with van der Waals surface area (Å²) >= 11 is 12.2. The first-order valence-electron chi connectivity index (χ1n) is 10.1. The minimum atomic E-state index is -0.384. The first-order chi connectivity index (χ1) is 15.3. The number of rotatable bonds is 5. The summed E-state index contributed by atoms with van der Waals surface area (Å²) < 4.78 is 6.75. The summed E-state index contributed by atoms with van der Waals surface area (Å²) in [6, 6.07) is 11.2. The van der Waals surface area contributed by atoms with E-state index in [2.05, 4.69) is 47.4 Å². The molecule has 32 heavy (non-hydrogen) atoms. The van der Waals surface area contributed by atoms with Gasteiger partial charge in [0, 0.05) is 37.1 Å². The van der Waals surface area contributed by atoms with Crippen LogP contribution in [0.5, 0.6) is 5.75 Å². The van der Waals surface area contributed by atoms with Crippen molar-refractivity contribution in [1.82, 2.24) is 10.2 Å². The molecule has 7 nitrogen and oxygen atoms in total. The van der Waals surface area contributed by atoms with Crippen LogP contribution in [0, 0.1) is 0 Å². The Balaban J connectivity index is 1.69. The number of methoxy groups -OCH3 is 1. The first kappa shape index (κ1) is 24.5. The minimum absolute atomic E-state index is 0.176. The van der Waals surface area contributed by atoms with Crippen molar-refractivity contribution >= 4 is 72.4 Å². The summed E-state index contributed by atoms with van der Waals surface area (Å²) in [4.78, 5) is 28.9. The number of piperazine rings is 1. The van der Waals surface area contributed by atoms with E-state index < -0.39 is 0 Å². The number of anilines is 2. The maximum Gasteiger partial charge on any atom is 0.261 e. The number of amides is 2. The maximum absolute atomic E-state index is 12.8. The summed E-state index contributed by atoms with van der Waals surface area (Å²) in [5.74, 6) is 0.216. The van der Waals surface area contributed by atoms with Gasteiger partial charge < -0.3 is 19.9 Å². The van der Waals surface area contributed by atoms with Crippen LogP contribution in [-0.4, -0.2) is 55.1 Å². The summed E-state index contributed by atoms with van der Waals surface area (Å²) in [6.45, 7) is 4.70. The molecule has 0 bridgehead atoms. The highest BCUT2D eigenvalue weighted by Crippen LogP contribution is 2.33. The van der Waals surface area contributed by atoms with Crippen molar-refractivity contribution in [2.24, 2.45) is 0 Å². The third-order valence-corrected chi connectivity index (χ3v) is 6.36. The third-order valence-electron chi connectivity index (χ3n) is 5.11. The molecule has 2 aromatic rings. The Bertz CT molecular complexity index is 1030. The van der Waals surface area contributed by atoms with Gasteiger partial charge >= 0.3 is 0 Å². The summed E-state index contributed by atoms with van der Waals surface area (Å²) in [6.07, 6.45) is 0.519. The van der Waals surface area contributed by atoms with E-state index >= 15 is 0 Å². The van der Waals surface area contributed by atoms with Crippen molar-refractivity contribution in [2.75, 3.05) is 43.5 Å². The molecular formula is C22H24Br2N4O3S. The van der Waals surface area contributed by atoms with Gasteiger partial charge in [0.1, 0.15) is 5.75 Å². The maximum atomic E-state index is 12.8. The van der Waals surface area contributed by atoms with E-state index in [0.29, 0.717) is 35.3 Å². The molecule has 1 aliphatic heterocycles. The average Bonchev–Trinajstić information content (AvgIpc) is 2.78. The van der Waals surface area contributed by atoms with Gasteiger partial charge in [-0.15, -0.1) is 0 Å². The molecule has 0 radical (unpaired) electrons. The van der Waals surface area contributed by atoms with Crippen molar-refractivity contribution in [2.45, 2.75) is 13.3 Å². The highest BCUT2D eigenvalue weighted by Gasteiger charge is 2.22. The number of ether oxygens (including phenoxy) is 1. The Morgan fingerprint density at radius 3 is 2.47 bits per heavy atom. The van der Waals surface area contributed by atoms with Gasteiger partial charge in [-0.05, 0) is 52.4 Å². The van der Waals surface area contributed by atoms with Crippen LogP contribution in [0.4, 0.5) is 11.4 Å². The monoisotopic (exact) mass is 582 g/mol. The molecule has 1 saturated heterocycles. The predicted molar refractivity (Wildman–Crippen MR) is 138 cm³/mol. The van der Waals surface area contributed by atoms with Gasteiger partial charge in [-0.2, -0.15) is 0 Å². The number of halogens is 2. The molecule has 2 amide bonds. The van der Waals surface area contributed by atoms with E-state index in [0.717, 1.165) is 28.9 Å². The molecule has 2 N–H and O–H groups in total. The molecule has 10 heteroatoms. The summed E-state index contributed by atoms with van der Waals surface area (Å²) in [5, 5.41) is 6.04. The molecule has 170 valence electrons. The number of hydrogen-bond acceptors (Lipinski definition) is 5. The number of nitrogens with one attached hydrogen (secondary N) is 2. The van der Waals surface area contributed by atoms with Crippen molar-refractivity contribution < 1.29 is 14.3 Å². The molecule has 3 rings (SSSR count). The highest BCUT2D eigenvalue weighted by atomic mass is 79.9. The summed E-state index contributed by atoms with van der Waals surface area (Å²) in [7, 11) is 1.51. The van der Waals surface area contributed by atoms with Gasteiger partial charge in [-0.1, -0.05) is 35.0 Å². The number of hydrogen-bond donors (Lipinski definition) is 2. The second-order valence-corrected chi connectivity index (χ2v) is 9.29. The van der Waals surface area contributed by atoms with Crippen LogP contribution in [-0.2, 0) is 4.79 Å². The van der Waals surface area contributed by atoms with Gasteiger partial charge in [0.05, 0.1) is 28.5 Å². The Labute approximate surface area is 209 Å². The SMILES string of the molecule is CCC(=O)N1CCN(c2ccccc2NC(=S)NC(=O)c2cc(Br)cc(Br)c2OC)CC1. The number of thiocarbonyl (C=S) groups is 1. The lowest BCUT2D eigenvalue weighted by Crippen LogP contribution is -2.48. The van der Waals surface area contributed by atoms with Crippen LogP contribution >= 0.6 is 44.1 Å². The second-order valence-electron chi connectivity index (χ2n) is 7.12. The van der Waals surface area contributed by atoms with Gasteiger partial charge in [0.25, 0.3) is 5.91 Å². The fraction of sp³-hybridized carbons (Fsp3) is 0.318. The average molecular weight is 584 g/mol. The smallest absolute Gasteiger partial charge is 0.261 e. The first-order valence-corrected chi connectivity index (χ1v) is 12.1. The van der Waals surface area contributed by atoms with E-state index in [1.807, 2.05) is 36.1 Å². The summed E-state index contributed by atoms with van der Waals surface area (Å²) in [5.41, 5.74) is 2.11. The fourth-order valence-electron chi connectivity index (χ4n) is 3.54. The highest BCUT2D eigenvalue weighted by molar-refractivity contribution is 9.11. The normalized spacial score (nSPS) is 13.5. The number of carbonyl (C=O) groups excluding carboxylic acids is 2. The molecule has 0 atom stereocenters. The van der Waals surface area contributed by atoms with Crippen LogP contribution in [0.3, 0.4) is 0 Å². The van der Waals surface area contributed by atoms with E-state index in [9.17, 15) is 9.59 Å². The van der Waals surface area contributed by atoms with E-state index in [-0.39, 0.29) is 16.9 Å². The van der Waals surface area contributed by atoms with Crippen LogP contribution in [0.2, 0.25) is 0 Å². The molecule has 1 heterocycles. The number of benzene rings is 2. The number of carbonyl (C=O) groups is 2. The lowest BCUT2D eigenvalue weighted by molar-refractivity contribution is -0.131. The van der Waals surface area contributed by atoms with Gasteiger partial charge in [-0.25, -0.2) is 0 Å². The minimum Gasteiger partial charge on any atom is -0.495 e. The van der Waals surface area contributed by atoms with Crippen molar-refractivity contribution in [3.8, 4) is 5.75 Å². The van der Waals surface area contributed by atoms with Crippen molar-refractivity contribution in [3.63, 3.8) is 0 Å². The van der Waals surface area contributed by atoms with E-state index in [1.165, 1.54) is 7.11 Å². The van der Waals surface area contributed by atoms with Crippen molar-refractivity contribution in [3.05, 3.63) is 50.9 Å². The van der Waals surface area contributed by atoms with Gasteiger partial charge in [0.2, 0.25) is 5.91 Å². The molecular weight excluding hydrogens is 560 g/mol. The Morgan fingerprint density at radius 2 is 1.81 bits per heavy atom. The Kier molecular flexibility index (Phi) is 8.50.